The maximum absolute atomic E-state index is 11.5. The molecule has 16 heavy (non-hydrogen) atoms. The maximum atomic E-state index is 11.5. The van der Waals surface area contributed by atoms with Gasteiger partial charge < -0.3 is 5.73 Å². The summed E-state index contributed by atoms with van der Waals surface area (Å²) in [5, 5.41) is 0. The van der Waals surface area contributed by atoms with E-state index in [9.17, 15) is 17.8 Å². The number of hydrogen-bond donors (Lipinski definition) is 3. The minimum atomic E-state index is -4.75. The number of nitrogens with two attached hydrogens (primary N) is 1. The fourth-order valence-corrected chi connectivity index (χ4v) is 3.74. The van der Waals surface area contributed by atoms with Gasteiger partial charge in [0.15, 0.2) is 0 Å². The van der Waals surface area contributed by atoms with Crippen molar-refractivity contribution in [2.75, 3.05) is 6.54 Å². The molecule has 1 rings (SSSR count). The molecule has 2 unspecified atom stereocenters. The summed E-state index contributed by atoms with van der Waals surface area (Å²) in [4.78, 5) is 11.2. The maximum Gasteiger partial charge on any atom is 0.341 e. The number of carbonyl (C=O) groups excluding carboxylic acids is 1. The Kier molecular flexibility index (Phi) is 5.69. The molecule has 0 aromatic carbocycles. The van der Waals surface area contributed by atoms with E-state index < -0.39 is 29.8 Å². The summed E-state index contributed by atoms with van der Waals surface area (Å²) < 4.78 is 42.6. The molecule has 1 aliphatic heterocycles. The molecule has 91 valence electrons. The molecule has 5 N–H and O–H groups in total. The van der Waals surface area contributed by atoms with E-state index in [0.29, 0.717) is 4.67 Å². The molecule has 1 aliphatic rings. The molecule has 12 heteroatoms. The first kappa shape index (κ1) is 16.6. The van der Waals surface area contributed by atoms with E-state index in [4.69, 9.17) is 15.8 Å². The van der Waals surface area contributed by atoms with Crippen LogP contribution in [0.4, 0.5) is 0 Å². The molecule has 0 spiro atoms. The summed E-state index contributed by atoms with van der Waals surface area (Å²) in [5.41, 5.74) is 12.3. The Balaban J connectivity index is 0.00000225. The first-order valence-electron chi connectivity index (χ1n) is 3.81. The molecule has 9 nitrogen and oxygen atoms in total. The van der Waals surface area contributed by atoms with Gasteiger partial charge in [-0.15, -0.1) is 4.49 Å². The van der Waals surface area contributed by atoms with Gasteiger partial charge in [-0.2, -0.15) is 8.42 Å². The number of carbonyl (C=O) groups is 1. The Bertz CT molecular complexity index is 426. The van der Waals surface area contributed by atoms with Gasteiger partial charge in [0, 0.05) is 39.3 Å². The van der Waals surface area contributed by atoms with Crippen LogP contribution in [-0.4, -0.2) is 36.1 Å². The predicted molar refractivity (Wildman–Crippen MR) is 50.9 cm³/mol. The molecule has 2 atom stereocenters. The fraction of sp³-hybridized carbons (Fsp3) is 0.750. The Morgan fingerprint density at radius 1 is 1.62 bits per heavy atom. The minimum absolute atomic E-state index is 0. The van der Waals surface area contributed by atoms with Crippen molar-refractivity contribution in [3.05, 3.63) is 5.73 Å². The monoisotopic (exact) mass is 346 g/mol. The van der Waals surface area contributed by atoms with Gasteiger partial charge >= 0.3 is 17.9 Å². The number of hydrogen-bond acceptors (Lipinski definition) is 4. The van der Waals surface area contributed by atoms with Gasteiger partial charge in [-0.3, -0.25) is 24.1 Å². The van der Waals surface area contributed by atoms with Crippen LogP contribution >= 0.6 is 7.59 Å². The van der Waals surface area contributed by atoms with Crippen LogP contribution in [0.5, 0.6) is 0 Å². The summed E-state index contributed by atoms with van der Waals surface area (Å²) in [7, 11) is -8.93. The van der Waals surface area contributed by atoms with Gasteiger partial charge in [0.25, 0.3) is 0 Å². The van der Waals surface area contributed by atoms with Crippen LogP contribution < -0.4 is 10.00 Å². The topological polar surface area (TPSA) is 154 Å². The zero-order chi connectivity index (χ0) is 11.9. The van der Waals surface area contributed by atoms with Crippen molar-refractivity contribution in [1.29, 1.82) is 0 Å². The summed E-state index contributed by atoms with van der Waals surface area (Å²) in [5.74, 6) is -0.822. The zero-order valence-corrected chi connectivity index (χ0v) is 12.6. The largest absolute Gasteiger partial charge is 0.667 e. The van der Waals surface area contributed by atoms with Crippen LogP contribution in [-0.2, 0) is 52.4 Å². The normalized spacial score (nSPS) is 25.1. The van der Waals surface area contributed by atoms with E-state index in [1.165, 1.54) is 4.49 Å². The Labute approximate surface area is 118 Å². The molecule has 0 aliphatic carbocycles. The van der Waals surface area contributed by atoms with Gasteiger partial charge in [-0.1, -0.05) is 6.04 Å². The van der Waals surface area contributed by atoms with Gasteiger partial charge in [0.2, 0.25) is 5.91 Å². The quantitative estimate of drug-likeness (QED) is 0.444. The average Bonchev–Trinajstić information content (AvgIpc) is 2.27. The van der Waals surface area contributed by atoms with Crippen LogP contribution in [0.1, 0.15) is 6.42 Å². The molecule has 1 amide bonds. The van der Waals surface area contributed by atoms with Gasteiger partial charge in [-0.05, 0) is 6.42 Å². The van der Waals surface area contributed by atoms with Gasteiger partial charge in [0.05, 0.1) is 0 Å². The third-order valence-corrected chi connectivity index (χ3v) is 4.87. The smallest absolute Gasteiger partial charge is 0.341 e. The second-order valence-corrected chi connectivity index (χ2v) is 6.40. The number of rotatable bonds is 3. The second-order valence-electron chi connectivity index (χ2n) is 2.99. The van der Waals surface area contributed by atoms with Crippen LogP contribution in [0.15, 0.2) is 0 Å². The number of amides is 1. The molecule has 1 heterocycles. The van der Waals surface area contributed by atoms with Crippen LogP contribution in [0, 0.1) is 0 Å². The molecule has 0 saturated carbocycles. The summed E-state index contributed by atoms with van der Waals surface area (Å²) in [6.07, 6.45) is 0.118. The van der Waals surface area contributed by atoms with Crippen molar-refractivity contribution in [3.8, 4) is 0 Å². The molecule has 0 bridgehead atoms. The average molecular weight is 346 g/mol. The summed E-state index contributed by atoms with van der Waals surface area (Å²) in [6.45, 7) is -0.0801. The third-order valence-electron chi connectivity index (χ3n) is 1.79. The molecule has 0 aromatic rings. The van der Waals surface area contributed by atoms with E-state index in [-0.39, 0.29) is 45.7 Å². The molecular weight excluding hydrogens is 336 g/mol. The van der Waals surface area contributed by atoms with Crippen molar-refractivity contribution in [2.24, 2.45) is 5.50 Å². The molecular formula is C4H10N4O5PSY-. The number of nitrogens with zero attached hydrogens (tertiary/aromatic N) is 1. The first-order valence-corrected chi connectivity index (χ1v) is 6.98. The minimum Gasteiger partial charge on any atom is -0.667 e. The van der Waals surface area contributed by atoms with Crippen molar-refractivity contribution in [2.45, 2.75) is 12.5 Å². The van der Waals surface area contributed by atoms with Crippen molar-refractivity contribution in [1.82, 2.24) is 9.16 Å². The van der Waals surface area contributed by atoms with Crippen LogP contribution in [0.2, 0.25) is 0 Å². The fourth-order valence-electron chi connectivity index (χ4n) is 1.17. The van der Waals surface area contributed by atoms with E-state index in [1.807, 2.05) is 0 Å². The van der Waals surface area contributed by atoms with E-state index in [1.54, 1.807) is 0 Å². The molecule has 1 fully saturated rings. The van der Waals surface area contributed by atoms with Gasteiger partial charge in [0.1, 0.15) is 0 Å². The first-order chi connectivity index (χ1) is 6.63. The van der Waals surface area contributed by atoms with Crippen molar-refractivity contribution < 1.29 is 55.0 Å². The Morgan fingerprint density at radius 3 is 2.44 bits per heavy atom. The summed E-state index contributed by atoms with van der Waals surface area (Å²) >= 11 is 0. The standard InChI is InChI=1S/C4H10N4O5PS.Y/c5-3-1-2-8(4(3)9)14(6,10)7-15(11,12)13;/h3,5H,1-2H2,(H3,6,7,10)(H,11,12,13);/q-1;. The van der Waals surface area contributed by atoms with Crippen LogP contribution in [0.3, 0.4) is 0 Å². The number of nitrogens with one attached hydrogen (secondary N) is 2. The molecule has 1 radical (unpaired) electrons. The Morgan fingerprint density at radius 2 is 2.12 bits per heavy atom. The predicted octanol–water partition coefficient (Wildman–Crippen LogP) is -0.904. The molecule has 1 saturated heterocycles. The van der Waals surface area contributed by atoms with E-state index in [2.05, 4.69) is 0 Å². The van der Waals surface area contributed by atoms with Crippen molar-refractivity contribution >= 4 is 23.8 Å². The SMILES string of the molecule is [NH-]C1CCN(P(N)(=O)NS(=O)(=O)O)C1=O.[Y]. The second kappa shape index (κ2) is 5.49. The van der Waals surface area contributed by atoms with Crippen molar-refractivity contribution in [3.63, 3.8) is 0 Å². The van der Waals surface area contributed by atoms with E-state index >= 15 is 0 Å². The zero-order valence-electron chi connectivity index (χ0n) is 8.03. The van der Waals surface area contributed by atoms with E-state index in [0.717, 1.165) is 0 Å². The van der Waals surface area contributed by atoms with Gasteiger partial charge in [-0.25, -0.2) is 0 Å². The Hall–Kier alpha value is 0.594. The third kappa shape index (κ3) is 4.12. The van der Waals surface area contributed by atoms with Crippen LogP contribution in [0.25, 0.3) is 5.73 Å². The molecule has 0 aromatic heterocycles. The summed E-state index contributed by atoms with van der Waals surface area (Å²) in [6, 6.07) is -1.09.